The lowest BCUT2D eigenvalue weighted by Crippen LogP contribution is -2.40. The largest absolute Gasteiger partial charge is 0.471 e. The Morgan fingerprint density at radius 3 is 2.76 bits per heavy atom. The molecule has 1 aliphatic heterocycles. The van der Waals surface area contributed by atoms with E-state index in [-0.39, 0.29) is 18.3 Å². The highest BCUT2D eigenvalue weighted by atomic mass is 19.1. The lowest BCUT2D eigenvalue weighted by Gasteiger charge is -2.27. The average molecular weight is 339 g/mol. The fraction of sp³-hybridized carbons (Fsp3) is 0.176. The van der Waals surface area contributed by atoms with E-state index in [1.165, 1.54) is 18.5 Å². The predicted octanol–water partition coefficient (Wildman–Crippen LogP) is 2.05. The Morgan fingerprint density at radius 2 is 2.00 bits per heavy atom. The van der Waals surface area contributed by atoms with Gasteiger partial charge in [0.15, 0.2) is 0 Å². The van der Waals surface area contributed by atoms with Gasteiger partial charge in [-0.2, -0.15) is 5.10 Å². The molecule has 3 heterocycles. The van der Waals surface area contributed by atoms with Crippen molar-refractivity contribution >= 4 is 11.6 Å². The Kier molecular flexibility index (Phi) is 3.85. The second kappa shape index (κ2) is 6.31. The molecule has 1 amide bonds. The van der Waals surface area contributed by atoms with E-state index >= 15 is 0 Å². The van der Waals surface area contributed by atoms with E-state index < -0.39 is 0 Å². The molecule has 0 radical (unpaired) electrons. The van der Waals surface area contributed by atoms with Crippen LogP contribution >= 0.6 is 0 Å². The molecule has 7 nitrogen and oxygen atoms in total. The van der Waals surface area contributed by atoms with Crippen LogP contribution < -0.4 is 9.64 Å². The number of amides is 1. The normalized spacial score (nSPS) is 13.6. The summed E-state index contributed by atoms with van der Waals surface area (Å²) in [6.45, 7) is 1.25. The predicted molar refractivity (Wildman–Crippen MR) is 86.7 cm³/mol. The quantitative estimate of drug-likeness (QED) is 0.727. The van der Waals surface area contributed by atoms with Crippen LogP contribution in [0.25, 0.3) is 0 Å². The van der Waals surface area contributed by atoms with Crippen LogP contribution in [-0.2, 0) is 13.2 Å². The van der Waals surface area contributed by atoms with Gasteiger partial charge in [0.1, 0.15) is 30.1 Å². The summed E-state index contributed by atoms with van der Waals surface area (Å²) >= 11 is 0. The maximum atomic E-state index is 13.1. The highest BCUT2D eigenvalue weighted by Gasteiger charge is 2.27. The number of nitrogens with zero attached hydrogens (tertiary/aromatic N) is 5. The molecule has 0 saturated heterocycles. The molecule has 3 aromatic rings. The number of carbonyl (C=O) groups is 1. The molecular weight excluding hydrogens is 325 g/mol. The number of rotatable bonds is 4. The smallest absolute Gasteiger partial charge is 0.276 e. The Hall–Kier alpha value is -3.29. The first-order valence-electron chi connectivity index (χ1n) is 7.74. The summed E-state index contributed by atoms with van der Waals surface area (Å²) in [6, 6.07) is 9.23. The molecule has 8 heteroatoms. The fourth-order valence-corrected chi connectivity index (χ4v) is 2.70. The lowest BCUT2D eigenvalue weighted by molar-refractivity contribution is 0.0962. The average Bonchev–Trinajstić information content (AvgIpc) is 3.06. The number of ether oxygens (including phenoxy) is 1. The van der Waals surface area contributed by atoms with Crippen molar-refractivity contribution in [3.63, 3.8) is 0 Å². The number of anilines is 1. The van der Waals surface area contributed by atoms with Crippen molar-refractivity contribution in [2.75, 3.05) is 11.4 Å². The third-order valence-electron chi connectivity index (χ3n) is 3.89. The van der Waals surface area contributed by atoms with E-state index in [9.17, 15) is 9.18 Å². The molecule has 0 unspecified atom stereocenters. The summed E-state index contributed by atoms with van der Waals surface area (Å²) in [5, 5.41) is 4.40. The lowest BCUT2D eigenvalue weighted by atomic mass is 10.2. The number of hydrogen-bond acceptors (Lipinski definition) is 5. The minimum atomic E-state index is -0.331. The van der Waals surface area contributed by atoms with Crippen LogP contribution in [0.4, 0.5) is 10.1 Å². The van der Waals surface area contributed by atoms with E-state index in [1.54, 1.807) is 40.0 Å². The highest BCUT2D eigenvalue weighted by molar-refractivity contribution is 6.05. The molecule has 4 rings (SSSR count). The molecular formula is C17H14FN5O2. The fourth-order valence-electron chi connectivity index (χ4n) is 2.70. The molecule has 1 aliphatic rings. The maximum Gasteiger partial charge on any atom is 0.276 e. The standard InChI is InChI=1S/C17H14FN5O2/c18-12-1-3-14(4-2-12)22-7-8-23-15(17(22)24)9-13(21-23)10-25-16-5-6-19-11-20-16/h1-6,9,11H,7-8,10H2. The monoisotopic (exact) mass is 339 g/mol. The molecule has 0 aliphatic carbocycles. The third-order valence-corrected chi connectivity index (χ3v) is 3.89. The van der Waals surface area contributed by atoms with Crippen molar-refractivity contribution in [1.29, 1.82) is 0 Å². The number of aromatic nitrogens is 4. The second-order valence-electron chi connectivity index (χ2n) is 5.51. The maximum absolute atomic E-state index is 13.1. The van der Waals surface area contributed by atoms with Gasteiger partial charge in [0, 0.05) is 24.5 Å². The first-order valence-corrected chi connectivity index (χ1v) is 7.74. The van der Waals surface area contributed by atoms with E-state index in [0.717, 1.165) is 0 Å². The third kappa shape index (κ3) is 3.06. The highest BCUT2D eigenvalue weighted by Crippen LogP contribution is 2.22. The summed E-state index contributed by atoms with van der Waals surface area (Å²) in [6.07, 6.45) is 2.99. The van der Waals surface area contributed by atoms with Gasteiger partial charge in [-0.25, -0.2) is 14.4 Å². The van der Waals surface area contributed by atoms with Gasteiger partial charge in [0.05, 0.1) is 6.54 Å². The molecule has 0 bridgehead atoms. The summed E-state index contributed by atoms with van der Waals surface area (Å²) in [5.74, 6) is -0.0544. The molecule has 0 saturated carbocycles. The van der Waals surface area contributed by atoms with Crippen molar-refractivity contribution in [3.05, 3.63) is 66.1 Å². The number of benzene rings is 1. The van der Waals surface area contributed by atoms with Gasteiger partial charge >= 0.3 is 0 Å². The zero-order valence-electron chi connectivity index (χ0n) is 13.2. The van der Waals surface area contributed by atoms with Crippen LogP contribution in [-0.4, -0.2) is 32.2 Å². The summed E-state index contributed by atoms with van der Waals surface area (Å²) < 4.78 is 20.3. The van der Waals surface area contributed by atoms with Gasteiger partial charge < -0.3 is 9.64 Å². The van der Waals surface area contributed by atoms with E-state index in [2.05, 4.69) is 15.1 Å². The van der Waals surface area contributed by atoms with Gasteiger partial charge in [0.25, 0.3) is 5.91 Å². The van der Waals surface area contributed by atoms with Gasteiger partial charge in [-0.1, -0.05) is 0 Å². The van der Waals surface area contributed by atoms with Crippen molar-refractivity contribution in [3.8, 4) is 5.88 Å². The van der Waals surface area contributed by atoms with Crippen molar-refractivity contribution in [1.82, 2.24) is 19.7 Å². The second-order valence-corrected chi connectivity index (χ2v) is 5.51. The van der Waals surface area contributed by atoms with E-state index in [1.807, 2.05) is 0 Å². The Bertz CT molecular complexity index is 895. The minimum absolute atomic E-state index is 0.168. The van der Waals surface area contributed by atoms with Crippen molar-refractivity contribution in [2.45, 2.75) is 13.2 Å². The van der Waals surface area contributed by atoms with Crippen LogP contribution in [0.3, 0.4) is 0 Å². The van der Waals surface area contributed by atoms with Gasteiger partial charge in [-0.15, -0.1) is 0 Å². The number of halogens is 1. The molecule has 0 fully saturated rings. The molecule has 2 aromatic heterocycles. The van der Waals surface area contributed by atoms with Crippen LogP contribution in [0.1, 0.15) is 16.2 Å². The van der Waals surface area contributed by atoms with Gasteiger partial charge in [-0.3, -0.25) is 9.48 Å². The van der Waals surface area contributed by atoms with Crippen molar-refractivity contribution in [2.24, 2.45) is 0 Å². The Labute approximate surface area is 142 Å². The van der Waals surface area contributed by atoms with Crippen LogP contribution in [0, 0.1) is 5.82 Å². The van der Waals surface area contributed by atoms with Crippen LogP contribution in [0.5, 0.6) is 5.88 Å². The van der Waals surface area contributed by atoms with E-state index in [4.69, 9.17) is 4.74 Å². The van der Waals surface area contributed by atoms with Crippen LogP contribution in [0.15, 0.2) is 48.9 Å². The minimum Gasteiger partial charge on any atom is -0.471 e. The van der Waals surface area contributed by atoms with Gasteiger partial charge in [-0.05, 0) is 30.3 Å². The SMILES string of the molecule is O=C1c2cc(COc3ccncn3)nn2CCN1c1ccc(F)cc1. The van der Waals surface area contributed by atoms with Crippen LogP contribution in [0.2, 0.25) is 0 Å². The Balaban J connectivity index is 1.51. The molecule has 25 heavy (non-hydrogen) atoms. The number of fused-ring (bicyclic) bond motifs is 1. The summed E-state index contributed by atoms with van der Waals surface area (Å²) in [4.78, 5) is 22.1. The first-order chi connectivity index (χ1) is 12.2. The van der Waals surface area contributed by atoms with Crippen molar-refractivity contribution < 1.29 is 13.9 Å². The summed E-state index contributed by atoms with van der Waals surface area (Å²) in [7, 11) is 0. The zero-order valence-corrected chi connectivity index (χ0v) is 13.2. The van der Waals surface area contributed by atoms with Gasteiger partial charge in [0.2, 0.25) is 5.88 Å². The first kappa shape index (κ1) is 15.3. The Morgan fingerprint density at radius 1 is 1.16 bits per heavy atom. The molecule has 1 aromatic carbocycles. The van der Waals surface area contributed by atoms with E-state index in [0.29, 0.717) is 36.0 Å². The molecule has 0 atom stereocenters. The zero-order chi connectivity index (χ0) is 17.2. The number of carbonyl (C=O) groups excluding carboxylic acids is 1. The topological polar surface area (TPSA) is 73.1 Å². The molecule has 0 N–H and O–H groups in total. The number of hydrogen-bond donors (Lipinski definition) is 0. The molecule has 126 valence electrons. The summed E-state index contributed by atoms with van der Waals surface area (Å²) in [5.41, 5.74) is 1.79. The molecule has 0 spiro atoms.